The number of carbonyl (C=O) groups excluding carboxylic acids is 1. The summed E-state index contributed by atoms with van der Waals surface area (Å²) in [7, 11) is 0. The van der Waals surface area contributed by atoms with Gasteiger partial charge in [0.2, 0.25) is 0 Å². The number of phenols is 1. The fourth-order valence-electron chi connectivity index (χ4n) is 6.09. The van der Waals surface area contributed by atoms with E-state index in [4.69, 9.17) is 4.74 Å². The van der Waals surface area contributed by atoms with Gasteiger partial charge in [-0.2, -0.15) is 0 Å². The second kappa shape index (κ2) is 12.1. The SMILES string of the molecule is Cc1c(C)c2c(c(C)c1O)CCC(C)(C(=O)N1CCC(CNCCCCNC[C@@H]3CCCN3)CC1)O2. The second-order valence-corrected chi connectivity index (χ2v) is 11.5. The highest BCUT2D eigenvalue weighted by Gasteiger charge is 2.43. The number of hydrogen-bond acceptors (Lipinski definition) is 6. The van der Waals surface area contributed by atoms with E-state index in [1.807, 2.05) is 32.6 Å². The third-order valence-corrected chi connectivity index (χ3v) is 8.82. The van der Waals surface area contributed by atoms with Gasteiger partial charge in [-0.3, -0.25) is 4.79 Å². The van der Waals surface area contributed by atoms with E-state index in [1.54, 1.807) is 0 Å². The van der Waals surface area contributed by atoms with Crippen molar-refractivity contribution in [3.8, 4) is 11.5 Å². The minimum Gasteiger partial charge on any atom is -0.507 e. The molecule has 3 heterocycles. The molecule has 1 aromatic carbocycles. The van der Waals surface area contributed by atoms with Gasteiger partial charge < -0.3 is 30.7 Å². The first-order valence-electron chi connectivity index (χ1n) is 14.2. The van der Waals surface area contributed by atoms with Gasteiger partial charge in [0.05, 0.1) is 0 Å². The standard InChI is InChI=1S/C29H48N4O3/c1-20-21(2)27-25(22(3)26(20)34)9-12-29(4,36-27)28(35)33-16-10-23(11-17-33)18-30-13-5-6-14-31-19-24-8-7-15-32-24/h23-24,30-32,34H,5-19H2,1-4H3/t24-,29?/m0/s1. The first kappa shape index (κ1) is 27.2. The molecule has 0 saturated carbocycles. The Morgan fingerprint density at radius 2 is 1.75 bits per heavy atom. The number of hydrogen-bond donors (Lipinski definition) is 4. The number of phenolic OH excluding ortho intramolecular Hbond substituents is 1. The average molecular weight is 501 g/mol. The molecule has 202 valence electrons. The Morgan fingerprint density at radius 3 is 2.42 bits per heavy atom. The monoisotopic (exact) mass is 500 g/mol. The Hall–Kier alpha value is -1.83. The van der Waals surface area contributed by atoms with Crippen LogP contribution in [0.4, 0.5) is 0 Å². The Morgan fingerprint density at radius 1 is 1.06 bits per heavy atom. The molecule has 2 saturated heterocycles. The number of benzene rings is 1. The summed E-state index contributed by atoms with van der Waals surface area (Å²) < 4.78 is 6.43. The number of ether oxygens (including phenoxy) is 1. The van der Waals surface area contributed by atoms with Gasteiger partial charge in [-0.25, -0.2) is 0 Å². The van der Waals surface area contributed by atoms with Crippen molar-refractivity contribution in [3.63, 3.8) is 0 Å². The normalized spacial score (nSPS) is 24.6. The summed E-state index contributed by atoms with van der Waals surface area (Å²) in [4.78, 5) is 15.6. The molecule has 3 aliphatic rings. The Kier molecular flexibility index (Phi) is 9.18. The van der Waals surface area contributed by atoms with Crippen LogP contribution in [0.25, 0.3) is 0 Å². The zero-order valence-electron chi connectivity index (χ0n) is 23.0. The lowest BCUT2D eigenvalue weighted by molar-refractivity contribution is -0.149. The molecule has 4 N–H and O–H groups in total. The van der Waals surface area contributed by atoms with E-state index >= 15 is 0 Å². The van der Waals surface area contributed by atoms with Gasteiger partial charge in [0, 0.05) is 37.7 Å². The van der Waals surface area contributed by atoms with Crippen LogP contribution in [-0.2, 0) is 11.2 Å². The van der Waals surface area contributed by atoms with Crippen molar-refractivity contribution < 1.29 is 14.6 Å². The first-order chi connectivity index (χ1) is 17.3. The van der Waals surface area contributed by atoms with Crippen LogP contribution in [0.3, 0.4) is 0 Å². The number of rotatable bonds is 10. The van der Waals surface area contributed by atoms with Gasteiger partial charge in [-0.15, -0.1) is 0 Å². The van der Waals surface area contributed by atoms with E-state index in [0.717, 1.165) is 86.5 Å². The molecule has 0 radical (unpaired) electrons. The Balaban J connectivity index is 1.15. The molecule has 2 fully saturated rings. The predicted octanol–water partition coefficient (Wildman–Crippen LogP) is 3.35. The van der Waals surface area contributed by atoms with E-state index in [1.165, 1.54) is 32.2 Å². The topological polar surface area (TPSA) is 85.9 Å². The molecule has 0 bridgehead atoms. The van der Waals surface area contributed by atoms with E-state index < -0.39 is 5.60 Å². The molecular weight excluding hydrogens is 452 g/mol. The van der Waals surface area contributed by atoms with E-state index in [0.29, 0.717) is 24.1 Å². The van der Waals surface area contributed by atoms with Crippen molar-refractivity contribution in [1.29, 1.82) is 0 Å². The smallest absolute Gasteiger partial charge is 0.266 e. The molecule has 1 aromatic rings. The maximum absolute atomic E-state index is 13.5. The molecule has 1 amide bonds. The molecule has 7 nitrogen and oxygen atoms in total. The number of unbranched alkanes of at least 4 members (excludes halogenated alkanes) is 1. The number of carbonyl (C=O) groups is 1. The highest BCUT2D eigenvalue weighted by Crippen LogP contribution is 2.43. The van der Waals surface area contributed by atoms with Crippen LogP contribution in [0.2, 0.25) is 0 Å². The lowest BCUT2D eigenvalue weighted by Gasteiger charge is -2.41. The number of fused-ring (bicyclic) bond motifs is 1. The molecule has 1 unspecified atom stereocenters. The first-order valence-corrected chi connectivity index (χ1v) is 14.2. The second-order valence-electron chi connectivity index (χ2n) is 11.5. The van der Waals surface area contributed by atoms with Crippen molar-refractivity contribution in [2.45, 2.75) is 90.7 Å². The lowest BCUT2D eigenvalue weighted by atomic mass is 9.86. The van der Waals surface area contributed by atoms with E-state index in [9.17, 15) is 9.90 Å². The molecule has 0 aliphatic carbocycles. The number of aromatic hydroxyl groups is 1. The van der Waals surface area contributed by atoms with E-state index in [-0.39, 0.29) is 5.91 Å². The highest BCUT2D eigenvalue weighted by molar-refractivity contribution is 5.86. The minimum atomic E-state index is -0.833. The number of amides is 1. The number of nitrogens with zero attached hydrogens (tertiary/aromatic N) is 1. The van der Waals surface area contributed by atoms with Crippen molar-refractivity contribution in [1.82, 2.24) is 20.9 Å². The summed E-state index contributed by atoms with van der Waals surface area (Å²) in [5, 5.41) is 21.2. The number of piperidine rings is 1. The summed E-state index contributed by atoms with van der Waals surface area (Å²) in [6, 6.07) is 0.677. The molecule has 3 aliphatic heterocycles. The fourth-order valence-corrected chi connectivity index (χ4v) is 6.09. The fraction of sp³-hybridized carbons (Fsp3) is 0.759. The van der Waals surface area contributed by atoms with Crippen molar-refractivity contribution in [2.75, 3.05) is 45.8 Å². The van der Waals surface area contributed by atoms with Crippen LogP contribution in [0.5, 0.6) is 11.5 Å². The Labute approximate surface area is 217 Å². The summed E-state index contributed by atoms with van der Waals surface area (Å²) >= 11 is 0. The zero-order valence-corrected chi connectivity index (χ0v) is 23.0. The van der Waals surface area contributed by atoms with Gasteiger partial charge in [0.1, 0.15) is 11.5 Å². The molecule has 36 heavy (non-hydrogen) atoms. The van der Waals surface area contributed by atoms with Gasteiger partial charge in [-0.05, 0) is 121 Å². The summed E-state index contributed by atoms with van der Waals surface area (Å²) in [6.45, 7) is 14.9. The third-order valence-electron chi connectivity index (χ3n) is 8.82. The minimum absolute atomic E-state index is 0.114. The predicted molar refractivity (Wildman–Crippen MR) is 145 cm³/mol. The van der Waals surface area contributed by atoms with Crippen LogP contribution in [0.15, 0.2) is 0 Å². The Bertz CT molecular complexity index is 907. The molecule has 7 heteroatoms. The van der Waals surface area contributed by atoms with Crippen molar-refractivity contribution in [3.05, 3.63) is 22.3 Å². The summed E-state index contributed by atoms with van der Waals surface area (Å²) in [5.74, 6) is 1.91. The maximum Gasteiger partial charge on any atom is 0.266 e. The van der Waals surface area contributed by atoms with Crippen LogP contribution in [0, 0.1) is 26.7 Å². The summed E-state index contributed by atoms with van der Waals surface area (Å²) in [6.07, 6.45) is 8.54. The van der Waals surface area contributed by atoms with Crippen LogP contribution < -0.4 is 20.7 Å². The maximum atomic E-state index is 13.5. The molecule has 4 rings (SSSR count). The van der Waals surface area contributed by atoms with Gasteiger partial charge in [-0.1, -0.05) is 0 Å². The molecule has 2 atom stereocenters. The molecular formula is C29H48N4O3. The summed E-state index contributed by atoms with van der Waals surface area (Å²) in [5.41, 5.74) is 2.88. The lowest BCUT2D eigenvalue weighted by Crippen LogP contribution is -2.54. The third kappa shape index (κ3) is 6.17. The van der Waals surface area contributed by atoms with Crippen LogP contribution in [-0.4, -0.2) is 73.4 Å². The van der Waals surface area contributed by atoms with Gasteiger partial charge in [0.15, 0.2) is 5.60 Å². The van der Waals surface area contributed by atoms with Gasteiger partial charge in [0.25, 0.3) is 5.91 Å². The average Bonchev–Trinajstić information content (AvgIpc) is 3.41. The quantitative estimate of drug-likeness (QED) is 0.369. The van der Waals surface area contributed by atoms with E-state index in [2.05, 4.69) is 16.0 Å². The van der Waals surface area contributed by atoms with Crippen LogP contribution >= 0.6 is 0 Å². The zero-order chi connectivity index (χ0) is 25.7. The number of nitrogens with one attached hydrogen (secondary N) is 3. The van der Waals surface area contributed by atoms with Crippen molar-refractivity contribution >= 4 is 5.91 Å². The molecule has 0 aromatic heterocycles. The largest absolute Gasteiger partial charge is 0.507 e. The van der Waals surface area contributed by atoms with Crippen LogP contribution in [0.1, 0.15) is 74.1 Å². The number of likely N-dealkylation sites (tertiary alicyclic amines) is 1. The van der Waals surface area contributed by atoms with Crippen molar-refractivity contribution in [2.24, 2.45) is 5.92 Å². The highest BCUT2D eigenvalue weighted by atomic mass is 16.5. The molecule has 0 spiro atoms. The van der Waals surface area contributed by atoms with Gasteiger partial charge >= 0.3 is 0 Å².